The molecular weight excluding hydrogens is 240 g/mol. The SMILES string of the molecule is Cc1cc(=O)n(CCCCC(=O)O)cc1[N+](=O)[O-]. The van der Waals surface area contributed by atoms with Crippen molar-refractivity contribution >= 4 is 11.7 Å². The summed E-state index contributed by atoms with van der Waals surface area (Å²) in [5, 5.41) is 19.2. The van der Waals surface area contributed by atoms with Gasteiger partial charge in [-0.1, -0.05) is 0 Å². The van der Waals surface area contributed by atoms with E-state index in [1.807, 2.05) is 0 Å². The highest BCUT2D eigenvalue weighted by Crippen LogP contribution is 2.14. The zero-order valence-electron chi connectivity index (χ0n) is 9.96. The quantitative estimate of drug-likeness (QED) is 0.468. The van der Waals surface area contributed by atoms with Crippen molar-refractivity contribution in [3.8, 4) is 0 Å². The van der Waals surface area contributed by atoms with Crippen molar-refractivity contribution in [1.29, 1.82) is 0 Å². The summed E-state index contributed by atoms with van der Waals surface area (Å²) in [4.78, 5) is 32.1. The summed E-state index contributed by atoms with van der Waals surface area (Å²) in [5.74, 6) is -0.891. The Balaban J connectivity index is 2.77. The van der Waals surface area contributed by atoms with E-state index in [0.29, 0.717) is 18.4 Å². The van der Waals surface area contributed by atoms with Gasteiger partial charge in [-0.2, -0.15) is 0 Å². The number of pyridine rings is 1. The smallest absolute Gasteiger partial charge is 0.303 e. The number of hydrogen-bond donors (Lipinski definition) is 1. The van der Waals surface area contributed by atoms with Gasteiger partial charge in [-0.3, -0.25) is 19.7 Å². The van der Waals surface area contributed by atoms with Crippen LogP contribution in [0.5, 0.6) is 0 Å². The van der Waals surface area contributed by atoms with Crippen LogP contribution in [0.4, 0.5) is 5.69 Å². The van der Waals surface area contributed by atoms with Gasteiger partial charge in [0.2, 0.25) is 0 Å². The first-order valence-corrected chi connectivity index (χ1v) is 5.49. The van der Waals surface area contributed by atoms with E-state index in [0.717, 1.165) is 0 Å². The van der Waals surface area contributed by atoms with Crippen LogP contribution < -0.4 is 5.56 Å². The monoisotopic (exact) mass is 254 g/mol. The van der Waals surface area contributed by atoms with Gasteiger partial charge in [-0.25, -0.2) is 0 Å². The number of unbranched alkanes of at least 4 members (excludes halogenated alkanes) is 1. The van der Waals surface area contributed by atoms with E-state index in [1.54, 1.807) is 0 Å². The molecule has 0 saturated heterocycles. The number of aliphatic carboxylic acids is 1. The number of carboxylic acid groups (broad SMARTS) is 1. The van der Waals surface area contributed by atoms with E-state index in [2.05, 4.69) is 0 Å². The Hall–Kier alpha value is -2.18. The van der Waals surface area contributed by atoms with Crippen molar-refractivity contribution in [2.75, 3.05) is 0 Å². The Kier molecular flexibility index (Phi) is 4.59. The van der Waals surface area contributed by atoms with E-state index < -0.39 is 10.9 Å². The number of nitro groups is 1. The second kappa shape index (κ2) is 5.95. The van der Waals surface area contributed by atoms with Crippen LogP contribution in [0.1, 0.15) is 24.8 Å². The Morgan fingerprint density at radius 2 is 2.17 bits per heavy atom. The molecular formula is C11H14N2O5. The van der Waals surface area contributed by atoms with Gasteiger partial charge in [0.15, 0.2) is 0 Å². The van der Waals surface area contributed by atoms with Gasteiger partial charge in [-0.05, 0) is 19.8 Å². The van der Waals surface area contributed by atoms with Crippen LogP contribution in [0.15, 0.2) is 17.1 Å². The molecule has 1 heterocycles. The van der Waals surface area contributed by atoms with Crippen molar-refractivity contribution in [2.24, 2.45) is 0 Å². The third-order valence-corrected chi connectivity index (χ3v) is 2.54. The lowest BCUT2D eigenvalue weighted by atomic mass is 10.2. The molecule has 0 aliphatic rings. The number of carbonyl (C=O) groups is 1. The zero-order valence-corrected chi connectivity index (χ0v) is 9.96. The predicted molar refractivity (Wildman–Crippen MR) is 63.6 cm³/mol. The van der Waals surface area contributed by atoms with E-state index in [1.165, 1.54) is 23.8 Å². The fourth-order valence-corrected chi connectivity index (χ4v) is 1.58. The summed E-state index contributed by atoms with van der Waals surface area (Å²) in [5.41, 5.74) is -0.0898. The van der Waals surface area contributed by atoms with Crippen LogP contribution in [0.25, 0.3) is 0 Å². The van der Waals surface area contributed by atoms with Crippen molar-refractivity contribution in [1.82, 2.24) is 4.57 Å². The topological polar surface area (TPSA) is 102 Å². The average molecular weight is 254 g/mol. The molecule has 0 amide bonds. The minimum Gasteiger partial charge on any atom is -0.481 e. The van der Waals surface area contributed by atoms with Gasteiger partial charge in [0, 0.05) is 24.6 Å². The highest BCUT2D eigenvalue weighted by molar-refractivity contribution is 5.66. The van der Waals surface area contributed by atoms with Gasteiger partial charge >= 0.3 is 5.97 Å². The average Bonchev–Trinajstić information content (AvgIpc) is 2.25. The van der Waals surface area contributed by atoms with Crippen LogP contribution in [-0.2, 0) is 11.3 Å². The first kappa shape index (κ1) is 13.9. The largest absolute Gasteiger partial charge is 0.481 e. The van der Waals surface area contributed by atoms with Crippen LogP contribution in [-0.4, -0.2) is 20.6 Å². The molecule has 0 aromatic carbocycles. The van der Waals surface area contributed by atoms with Gasteiger partial charge in [0.05, 0.1) is 11.1 Å². The normalized spacial score (nSPS) is 10.3. The summed E-state index contributed by atoms with van der Waals surface area (Å²) < 4.78 is 1.24. The highest BCUT2D eigenvalue weighted by Gasteiger charge is 2.12. The number of hydrogen-bond acceptors (Lipinski definition) is 4. The highest BCUT2D eigenvalue weighted by atomic mass is 16.6. The number of nitrogens with zero attached hydrogens (tertiary/aromatic N) is 2. The standard InChI is InChI=1S/C11H14N2O5/c1-8-6-10(14)12(7-9(8)13(17)18)5-3-2-4-11(15)16/h6-7H,2-5H2,1H3,(H,15,16). The molecule has 18 heavy (non-hydrogen) atoms. The Bertz CT molecular complexity index is 521. The fourth-order valence-electron chi connectivity index (χ4n) is 1.58. The summed E-state index contributed by atoms with van der Waals surface area (Å²) in [6.07, 6.45) is 2.16. The molecule has 0 aliphatic carbocycles. The lowest BCUT2D eigenvalue weighted by molar-refractivity contribution is -0.385. The molecule has 1 aromatic heterocycles. The maximum Gasteiger partial charge on any atom is 0.303 e. The summed E-state index contributed by atoms with van der Waals surface area (Å²) in [6, 6.07) is 1.22. The maximum absolute atomic E-state index is 11.6. The third-order valence-electron chi connectivity index (χ3n) is 2.54. The van der Waals surface area contributed by atoms with Crippen LogP contribution >= 0.6 is 0 Å². The Morgan fingerprint density at radius 3 is 2.72 bits per heavy atom. The first-order valence-electron chi connectivity index (χ1n) is 5.49. The molecule has 0 aliphatic heterocycles. The second-order valence-corrected chi connectivity index (χ2v) is 3.98. The van der Waals surface area contributed by atoms with Crippen LogP contribution in [0.2, 0.25) is 0 Å². The molecule has 7 heteroatoms. The molecule has 1 rings (SSSR count). The first-order chi connectivity index (χ1) is 8.41. The number of rotatable bonds is 6. The Labute approximate surface area is 103 Å². The minimum atomic E-state index is -0.891. The number of aryl methyl sites for hydroxylation is 2. The summed E-state index contributed by atoms with van der Waals surface area (Å²) >= 11 is 0. The maximum atomic E-state index is 11.6. The number of carboxylic acids is 1. The zero-order chi connectivity index (χ0) is 13.7. The molecule has 0 radical (unpaired) electrons. The van der Waals surface area contributed by atoms with E-state index in [9.17, 15) is 19.7 Å². The summed E-state index contributed by atoms with van der Waals surface area (Å²) in [6.45, 7) is 1.79. The second-order valence-electron chi connectivity index (χ2n) is 3.98. The molecule has 1 N–H and O–H groups in total. The molecule has 0 unspecified atom stereocenters. The summed E-state index contributed by atoms with van der Waals surface area (Å²) in [7, 11) is 0. The lowest BCUT2D eigenvalue weighted by Gasteiger charge is -2.05. The van der Waals surface area contributed by atoms with Crippen LogP contribution in [0.3, 0.4) is 0 Å². The minimum absolute atomic E-state index is 0.0305. The molecule has 0 saturated carbocycles. The molecule has 0 fully saturated rings. The molecule has 7 nitrogen and oxygen atoms in total. The van der Waals surface area contributed by atoms with E-state index in [-0.39, 0.29) is 24.2 Å². The van der Waals surface area contributed by atoms with E-state index >= 15 is 0 Å². The molecule has 0 bridgehead atoms. The van der Waals surface area contributed by atoms with Crippen molar-refractivity contribution < 1.29 is 14.8 Å². The number of aromatic nitrogens is 1. The van der Waals surface area contributed by atoms with Crippen LogP contribution in [0, 0.1) is 17.0 Å². The van der Waals surface area contributed by atoms with Gasteiger partial charge in [0.1, 0.15) is 0 Å². The molecule has 0 atom stereocenters. The van der Waals surface area contributed by atoms with Gasteiger partial charge in [0.25, 0.3) is 11.2 Å². The van der Waals surface area contributed by atoms with Gasteiger partial charge in [-0.15, -0.1) is 0 Å². The van der Waals surface area contributed by atoms with Crippen molar-refractivity contribution in [2.45, 2.75) is 32.7 Å². The van der Waals surface area contributed by atoms with Gasteiger partial charge < -0.3 is 9.67 Å². The Morgan fingerprint density at radius 1 is 1.50 bits per heavy atom. The van der Waals surface area contributed by atoms with Crippen molar-refractivity contribution in [3.63, 3.8) is 0 Å². The molecule has 0 spiro atoms. The third kappa shape index (κ3) is 3.69. The lowest BCUT2D eigenvalue weighted by Crippen LogP contribution is -2.20. The molecule has 1 aromatic rings. The predicted octanol–water partition coefficient (Wildman–Crippen LogP) is 1.32. The van der Waals surface area contributed by atoms with Crippen molar-refractivity contribution in [3.05, 3.63) is 38.3 Å². The van der Waals surface area contributed by atoms with E-state index in [4.69, 9.17) is 5.11 Å². The molecule has 98 valence electrons. The fraction of sp³-hybridized carbons (Fsp3) is 0.455.